The van der Waals surface area contributed by atoms with Gasteiger partial charge in [-0.25, -0.2) is 9.97 Å². The molecule has 0 saturated carbocycles. The van der Waals surface area contributed by atoms with Crippen molar-refractivity contribution in [2.45, 2.75) is 25.8 Å². The van der Waals surface area contributed by atoms with Crippen molar-refractivity contribution >= 4 is 29.2 Å². The van der Waals surface area contributed by atoms with E-state index in [9.17, 15) is 0 Å². The van der Waals surface area contributed by atoms with Gasteiger partial charge < -0.3 is 4.90 Å². The lowest BCUT2D eigenvalue weighted by atomic mass is 10.1. The first-order valence-corrected chi connectivity index (χ1v) is 7.31. The van der Waals surface area contributed by atoms with Gasteiger partial charge in [0, 0.05) is 29.5 Å². The first-order chi connectivity index (χ1) is 9.52. The van der Waals surface area contributed by atoms with Gasteiger partial charge in [-0.05, 0) is 31.5 Å². The summed E-state index contributed by atoms with van der Waals surface area (Å²) in [5.41, 5.74) is 3.00. The third-order valence-electron chi connectivity index (χ3n) is 3.44. The van der Waals surface area contributed by atoms with Crippen molar-refractivity contribution in [1.82, 2.24) is 9.97 Å². The third kappa shape index (κ3) is 3.22. The van der Waals surface area contributed by atoms with E-state index in [1.807, 2.05) is 43.1 Å². The monoisotopic (exact) mass is 309 g/mol. The molecule has 0 amide bonds. The average Bonchev–Trinajstić information content (AvgIpc) is 2.45. The quantitative estimate of drug-likeness (QED) is 0.785. The fourth-order valence-electron chi connectivity index (χ4n) is 1.94. The molecular formula is C15H17Cl2N3. The van der Waals surface area contributed by atoms with Crippen LogP contribution in [0, 0.1) is 6.92 Å². The number of halogens is 2. The maximum atomic E-state index is 6.04. The summed E-state index contributed by atoms with van der Waals surface area (Å²) in [7, 11) is 1.97. The Morgan fingerprint density at radius 3 is 2.70 bits per heavy atom. The van der Waals surface area contributed by atoms with E-state index in [2.05, 4.69) is 16.9 Å². The van der Waals surface area contributed by atoms with Crippen molar-refractivity contribution in [2.75, 3.05) is 11.9 Å². The lowest BCUT2D eigenvalue weighted by molar-refractivity contribution is 0.712. The SMILES string of the molecule is Cc1nc(N(C)C(C)c2cccc(Cl)c2)ncc1CCl. The van der Waals surface area contributed by atoms with E-state index in [0.717, 1.165) is 21.8 Å². The Balaban J connectivity index is 2.26. The molecule has 1 aromatic carbocycles. The van der Waals surface area contributed by atoms with Crippen LogP contribution in [0.5, 0.6) is 0 Å². The Morgan fingerprint density at radius 2 is 2.10 bits per heavy atom. The topological polar surface area (TPSA) is 29.0 Å². The molecule has 20 heavy (non-hydrogen) atoms. The van der Waals surface area contributed by atoms with Crippen molar-refractivity contribution in [3.05, 3.63) is 52.3 Å². The van der Waals surface area contributed by atoms with E-state index in [4.69, 9.17) is 23.2 Å². The van der Waals surface area contributed by atoms with Crippen LogP contribution >= 0.6 is 23.2 Å². The Bertz CT molecular complexity index is 601. The molecule has 0 aliphatic rings. The highest BCUT2D eigenvalue weighted by molar-refractivity contribution is 6.30. The molecule has 1 atom stereocenters. The third-order valence-corrected chi connectivity index (χ3v) is 3.96. The number of rotatable bonds is 4. The van der Waals surface area contributed by atoms with E-state index >= 15 is 0 Å². The van der Waals surface area contributed by atoms with E-state index < -0.39 is 0 Å². The van der Waals surface area contributed by atoms with Crippen LogP contribution in [-0.2, 0) is 5.88 Å². The second kappa shape index (κ2) is 6.42. The minimum Gasteiger partial charge on any atom is -0.337 e. The van der Waals surface area contributed by atoms with E-state index in [-0.39, 0.29) is 6.04 Å². The number of hydrogen-bond donors (Lipinski definition) is 0. The average molecular weight is 310 g/mol. The normalized spacial score (nSPS) is 12.2. The molecule has 5 heteroatoms. The van der Waals surface area contributed by atoms with E-state index in [1.54, 1.807) is 6.20 Å². The maximum Gasteiger partial charge on any atom is 0.225 e. The van der Waals surface area contributed by atoms with Crippen molar-refractivity contribution in [3.63, 3.8) is 0 Å². The van der Waals surface area contributed by atoms with Crippen LogP contribution in [0.15, 0.2) is 30.5 Å². The van der Waals surface area contributed by atoms with Crippen LogP contribution < -0.4 is 4.90 Å². The number of hydrogen-bond acceptors (Lipinski definition) is 3. The Morgan fingerprint density at radius 1 is 1.35 bits per heavy atom. The second-order valence-corrected chi connectivity index (χ2v) is 5.46. The van der Waals surface area contributed by atoms with Crippen molar-refractivity contribution in [3.8, 4) is 0 Å². The van der Waals surface area contributed by atoms with Gasteiger partial charge in [-0.1, -0.05) is 23.7 Å². The Hall–Kier alpha value is -1.32. The summed E-state index contributed by atoms with van der Waals surface area (Å²) in [5.74, 6) is 1.11. The van der Waals surface area contributed by atoms with Crippen LogP contribution in [0.4, 0.5) is 5.95 Å². The number of anilines is 1. The Labute approximate surface area is 129 Å². The molecule has 106 valence electrons. The molecule has 0 N–H and O–H groups in total. The molecule has 0 spiro atoms. The lowest BCUT2D eigenvalue weighted by Crippen LogP contribution is -2.24. The molecule has 2 rings (SSSR count). The summed E-state index contributed by atoms with van der Waals surface area (Å²) < 4.78 is 0. The first-order valence-electron chi connectivity index (χ1n) is 6.39. The highest BCUT2D eigenvalue weighted by Crippen LogP contribution is 2.25. The molecule has 1 unspecified atom stereocenters. The van der Waals surface area contributed by atoms with Crippen LogP contribution in [0.1, 0.15) is 29.8 Å². The molecule has 3 nitrogen and oxygen atoms in total. The van der Waals surface area contributed by atoms with Crippen LogP contribution in [0.25, 0.3) is 0 Å². The molecule has 1 heterocycles. The second-order valence-electron chi connectivity index (χ2n) is 4.76. The molecule has 2 aromatic rings. The highest BCUT2D eigenvalue weighted by atomic mass is 35.5. The smallest absolute Gasteiger partial charge is 0.225 e. The van der Waals surface area contributed by atoms with Crippen LogP contribution in [-0.4, -0.2) is 17.0 Å². The summed E-state index contributed by atoms with van der Waals surface area (Å²) in [6.07, 6.45) is 1.78. The summed E-state index contributed by atoms with van der Waals surface area (Å²) in [6.45, 7) is 4.04. The van der Waals surface area contributed by atoms with Gasteiger partial charge in [0.15, 0.2) is 0 Å². The summed E-state index contributed by atoms with van der Waals surface area (Å²) >= 11 is 11.9. The fourth-order valence-corrected chi connectivity index (χ4v) is 2.41. The lowest BCUT2D eigenvalue weighted by Gasteiger charge is -2.25. The van der Waals surface area contributed by atoms with Crippen molar-refractivity contribution in [1.29, 1.82) is 0 Å². The van der Waals surface area contributed by atoms with Crippen molar-refractivity contribution in [2.24, 2.45) is 0 Å². The number of benzene rings is 1. The van der Waals surface area contributed by atoms with Gasteiger partial charge >= 0.3 is 0 Å². The fraction of sp³-hybridized carbons (Fsp3) is 0.333. The largest absolute Gasteiger partial charge is 0.337 e. The number of alkyl halides is 1. The predicted octanol–water partition coefficient (Wildman–Crippen LogP) is 4.37. The van der Waals surface area contributed by atoms with Crippen LogP contribution in [0.3, 0.4) is 0 Å². The van der Waals surface area contributed by atoms with Crippen molar-refractivity contribution < 1.29 is 0 Å². The minimum atomic E-state index is 0.134. The summed E-state index contributed by atoms with van der Waals surface area (Å²) in [4.78, 5) is 10.9. The molecule has 0 saturated heterocycles. The van der Waals surface area contributed by atoms with Gasteiger partial charge in [0.25, 0.3) is 0 Å². The zero-order valence-electron chi connectivity index (χ0n) is 11.8. The zero-order chi connectivity index (χ0) is 14.7. The standard InChI is InChI=1S/C15H17Cl2N3/c1-10-13(8-16)9-18-15(19-10)20(3)11(2)12-5-4-6-14(17)7-12/h4-7,9,11H,8H2,1-3H3. The first kappa shape index (κ1) is 15.1. The van der Waals surface area contributed by atoms with Gasteiger partial charge in [-0.2, -0.15) is 0 Å². The highest BCUT2D eigenvalue weighted by Gasteiger charge is 2.15. The van der Waals surface area contributed by atoms with Gasteiger partial charge in [-0.15, -0.1) is 11.6 Å². The maximum absolute atomic E-state index is 6.04. The van der Waals surface area contributed by atoms with E-state index in [0.29, 0.717) is 11.8 Å². The predicted molar refractivity (Wildman–Crippen MR) is 84.6 cm³/mol. The number of nitrogens with zero attached hydrogens (tertiary/aromatic N) is 3. The number of aryl methyl sites for hydroxylation is 1. The summed E-state index contributed by atoms with van der Waals surface area (Å²) in [6, 6.07) is 7.96. The number of aromatic nitrogens is 2. The van der Waals surface area contributed by atoms with E-state index in [1.165, 1.54) is 0 Å². The van der Waals surface area contributed by atoms with Gasteiger partial charge in [0.1, 0.15) is 0 Å². The van der Waals surface area contributed by atoms with Gasteiger partial charge in [-0.3, -0.25) is 0 Å². The Kier molecular flexibility index (Phi) is 4.84. The zero-order valence-corrected chi connectivity index (χ0v) is 13.3. The molecule has 0 bridgehead atoms. The van der Waals surface area contributed by atoms with Gasteiger partial charge in [0.05, 0.1) is 11.9 Å². The molecule has 1 aromatic heterocycles. The molecule has 0 radical (unpaired) electrons. The molecular weight excluding hydrogens is 293 g/mol. The minimum absolute atomic E-state index is 0.134. The molecule has 0 aliphatic carbocycles. The summed E-state index contributed by atoms with van der Waals surface area (Å²) in [5, 5.41) is 0.734. The molecule has 0 aliphatic heterocycles. The van der Waals surface area contributed by atoms with Gasteiger partial charge in [0.2, 0.25) is 5.95 Å². The van der Waals surface area contributed by atoms with Crippen LogP contribution in [0.2, 0.25) is 5.02 Å². The molecule has 0 fully saturated rings.